The second-order valence-electron chi connectivity index (χ2n) is 7.08. The van der Waals surface area contributed by atoms with Gasteiger partial charge >= 0.3 is 5.97 Å². The maximum absolute atomic E-state index is 12.1. The number of halogens is 1. The van der Waals surface area contributed by atoms with E-state index in [9.17, 15) is 4.79 Å². The molecule has 3 rings (SSSR count). The number of ether oxygens (including phenoxy) is 1. The van der Waals surface area contributed by atoms with Gasteiger partial charge in [0.05, 0.1) is 19.1 Å². The molecule has 0 aromatic carbocycles. The number of hydrogen-bond acceptors (Lipinski definition) is 5. The van der Waals surface area contributed by atoms with Gasteiger partial charge in [-0.1, -0.05) is 6.07 Å². The Labute approximate surface area is 195 Å². The van der Waals surface area contributed by atoms with Gasteiger partial charge in [-0.05, 0) is 45.2 Å². The van der Waals surface area contributed by atoms with Gasteiger partial charge in [-0.25, -0.2) is 15.0 Å². The molecule has 2 aromatic rings. The van der Waals surface area contributed by atoms with E-state index in [1.165, 1.54) is 0 Å². The summed E-state index contributed by atoms with van der Waals surface area (Å²) in [6.07, 6.45) is 7.33. The van der Waals surface area contributed by atoms with Crippen molar-refractivity contribution in [2.24, 2.45) is 10.9 Å². The van der Waals surface area contributed by atoms with Crippen molar-refractivity contribution in [3.8, 4) is 5.82 Å². The van der Waals surface area contributed by atoms with Crippen LogP contribution >= 0.6 is 24.0 Å². The molecular weight excluding hydrogens is 495 g/mol. The third kappa shape index (κ3) is 6.16. The summed E-state index contributed by atoms with van der Waals surface area (Å²) in [7, 11) is 0. The Kier molecular flexibility index (Phi) is 9.54. The maximum atomic E-state index is 12.1. The zero-order valence-corrected chi connectivity index (χ0v) is 20.2. The number of aromatic nitrogens is 3. The number of pyridine rings is 1. The number of guanidine groups is 1. The Hall–Kier alpha value is -2.17. The van der Waals surface area contributed by atoms with Crippen LogP contribution < -0.4 is 5.32 Å². The highest BCUT2D eigenvalue weighted by Gasteiger charge is 2.28. The van der Waals surface area contributed by atoms with Crippen LogP contribution in [-0.2, 0) is 16.1 Å². The van der Waals surface area contributed by atoms with Gasteiger partial charge in [0.2, 0.25) is 0 Å². The predicted molar refractivity (Wildman–Crippen MR) is 127 cm³/mol. The fraction of sp³-hybridized carbons (Fsp3) is 0.524. The maximum Gasteiger partial charge on any atom is 0.310 e. The van der Waals surface area contributed by atoms with E-state index in [0.717, 1.165) is 49.1 Å². The first kappa shape index (κ1) is 24.1. The van der Waals surface area contributed by atoms with Crippen molar-refractivity contribution in [3.05, 3.63) is 42.1 Å². The standard InChI is InChI=1S/C21H30N6O2.HI/c1-4-22-21(26-11-6-7-18(15-26)20(28)29-5-2)25-14-17-8-9-19(24-13-17)27-12-10-23-16(27)3;/h8-10,12-13,18H,4-7,11,14-15H2,1-3H3,(H,22,25);1H. The number of carbonyl (C=O) groups excluding carboxylic acids is 1. The van der Waals surface area contributed by atoms with Gasteiger partial charge in [-0.15, -0.1) is 24.0 Å². The molecule has 0 radical (unpaired) electrons. The van der Waals surface area contributed by atoms with Crippen LogP contribution in [0.4, 0.5) is 0 Å². The number of aryl methyl sites for hydroxylation is 1. The molecule has 2 aromatic heterocycles. The molecule has 1 aliphatic heterocycles. The van der Waals surface area contributed by atoms with E-state index in [0.29, 0.717) is 19.7 Å². The second kappa shape index (κ2) is 11.9. The van der Waals surface area contributed by atoms with Gasteiger partial charge in [0, 0.05) is 38.2 Å². The smallest absolute Gasteiger partial charge is 0.310 e. The van der Waals surface area contributed by atoms with E-state index in [1.54, 1.807) is 6.20 Å². The fourth-order valence-electron chi connectivity index (χ4n) is 3.49. The highest BCUT2D eigenvalue weighted by Crippen LogP contribution is 2.18. The number of esters is 1. The molecule has 1 aliphatic rings. The summed E-state index contributed by atoms with van der Waals surface area (Å²) in [5, 5.41) is 3.35. The van der Waals surface area contributed by atoms with Crippen LogP contribution in [0.2, 0.25) is 0 Å². The Balaban J connectivity index is 0.00000320. The number of carbonyl (C=O) groups is 1. The summed E-state index contributed by atoms with van der Waals surface area (Å²) in [6.45, 7) is 9.09. The van der Waals surface area contributed by atoms with Crippen LogP contribution in [-0.4, -0.2) is 57.6 Å². The number of imidazole rings is 1. The molecule has 9 heteroatoms. The highest BCUT2D eigenvalue weighted by atomic mass is 127. The number of rotatable bonds is 6. The quantitative estimate of drug-likeness (QED) is 0.270. The molecule has 8 nitrogen and oxygen atoms in total. The fourth-order valence-corrected chi connectivity index (χ4v) is 3.49. The minimum atomic E-state index is -0.109. The molecule has 0 aliphatic carbocycles. The number of aliphatic imine (C=N–C) groups is 1. The largest absolute Gasteiger partial charge is 0.466 e. The molecule has 1 fully saturated rings. The van der Waals surface area contributed by atoms with Crippen LogP contribution in [0.3, 0.4) is 0 Å². The molecule has 0 amide bonds. The predicted octanol–water partition coefficient (Wildman–Crippen LogP) is 2.93. The van der Waals surface area contributed by atoms with Gasteiger partial charge in [0.1, 0.15) is 11.6 Å². The lowest BCUT2D eigenvalue weighted by Crippen LogP contribution is -2.48. The van der Waals surface area contributed by atoms with Crippen molar-refractivity contribution in [2.45, 2.75) is 40.2 Å². The molecular formula is C21H31IN6O2. The molecule has 1 atom stereocenters. The molecule has 0 saturated carbocycles. The summed E-state index contributed by atoms with van der Waals surface area (Å²) < 4.78 is 7.15. The summed E-state index contributed by atoms with van der Waals surface area (Å²) >= 11 is 0. The normalized spacial score (nSPS) is 16.7. The SMILES string of the molecule is CCNC(=NCc1ccc(-n2ccnc2C)nc1)N1CCCC(C(=O)OCC)C1.I. The summed E-state index contributed by atoms with van der Waals surface area (Å²) in [5.41, 5.74) is 1.03. The van der Waals surface area contributed by atoms with Crippen LogP contribution in [0.25, 0.3) is 5.82 Å². The van der Waals surface area contributed by atoms with Crippen molar-refractivity contribution in [1.82, 2.24) is 24.8 Å². The Bertz CT molecular complexity index is 836. The van der Waals surface area contributed by atoms with Gasteiger partial charge < -0.3 is 15.0 Å². The van der Waals surface area contributed by atoms with Gasteiger partial charge in [-0.2, -0.15) is 0 Å². The number of hydrogen-bond donors (Lipinski definition) is 1. The second-order valence-corrected chi connectivity index (χ2v) is 7.08. The van der Waals surface area contributed by atoms with Crippen LogP contribution in [0, 0.1) is 12.8 Å². The first-order chi connectivity index (χ1) is 14.1. The summed E-state index contributed by atoms with van der Waals surface area (Å²) in [6, 6.07) is 4.01. The Morgan fingerprint density at radius 3 is 2.80 bits per heavy atom. The molecule has 1 unspecified atom stereocenters. The number of likely N-dealkylation sites (tertiary alicyclic amines) is 1. The minimum Gasteiger partial charge on any atom is -0.466 e. The van der Waals surface area contributed by atoms with E-state index >= 15 is 0 Å². The van der Waals surface area contributed by atoms with Gasteiger partial charge in [0.25, 0.3) is 0 Å². The molecule has 1 saturated heterocycles. The van der Waals surface area contributed by atoms with Crippen LogP contribution in [0.15, 0.2) is 35.7 Å². The van der Waals surface area contributed by atoms with Crippen molar-refractivity contribution in [1.29, 1.82) is 0 Å². The van der Waals surface area contributed by atoms with Crippen molar-refractivity contribution < 1.29 is 9.53 Å². The first-order valence-electron chi connectivity index (χ1n) is 10.3. The van der Waals surface area contributed by atoms with Crippen molar-refractivity contribution >= 4 is 35.9 Å². The zero-order valence-electron chi connectivity index (χ0n) is 17.9. The Morgan fingerprint density at radius 1 is 1.33 bits per heavy atom. The Morgan fingerprint density at radius 2 is 2.17 bits per heavy atom. The van der Waals surface area contributed by atoms with Crippen molar-refractivity contribution in [2.75, 3.05) is 26.2 Å². The van der Waals surface area contributed by atoms with Crippen molar-refractivity contribution in [3.63, 3.8) is 0 Å². The molecule has 0 bridgehead atoms. The van der Waals surface area contributed by atoms with Crippen LogP contribution in [0.5, 0.6) is 0 Å². The third-order valence-corrected chi connectivity index (χ3v) is 4.97. The van der Waals surface area contributed by atoms with E-state index < -0.39 is 0 Å². The van der Waals surface area contributed by atoms with Gasteiger partial charge in [-0.3, -0.25) is 9.36 Å². The molecule has 30 heavy (non-hydrogen) atoms. The highest BCUT2D eigenvalue weighted by molar-refractivity contribution is 14.0. The molecule has 164 valence electrons. The lowest BCUT2D eigenvalue weighted by molar-refractivity contribution is -0.149. The number of nitrogens with one attached hydrogen (secondary N) is 1. The van der Waals surface area contributed by atoms with E-state index in [-0.39, 0.29) is 35.9 Å². The monoisotopic (exact) mass is 526 g/mol. The van der Waals surface area contributed by atoms with Crippen LogP contribution in [0.1, 0.15) is 38.1 Å². The van der Waals surface area contributed by atoms with E-state index in [1.807, 2.05) is 49.9 Å². The lowest BCUT2D eigenvalue weighted by Gasteiger charge is -2.34. The zero-order chi connectivity index (χ0) is 20.6. The topological polar surface area (TPSA) is 84.6 Å². The molecule has 3 heterocycles. The minimum absolute atomic E-state index is 0. The lowest BCUT2D eigenvalue weighted by atomic mass is 9.98. The van der Waals surface area contributed by atoms with E-state index in [2.05, 4.69) is 20.2 Å². The number of piperidine rings is 1. The molecule has 0 spiro atoms. The average molecular weight is 526 g/mol. The number of nitrogens with zero attached hydrogens (tertiary/aromatic N) is 5. The first-order valence-corrected chi connectivity index (χ1v) is 10.3. The summed E-state index contributed by atoms with van der Waals surface area (Å²) in [4.78, 5) is 27.8. The van der Waals surface area contributed by atoms with Gasteiger partial charge in [0.15, 0.2) is 5.96 Å². The summed E-state index contributed by atoms with van der Waals surface area (Å²) in [5.74, 6) is 2.37. The third-order valence-electron chi connectivity index (χ3n) is 4.97. The molecule has 1 N–H and O–H groups in total. The van der Waals surface area contributed by atoms with E-state index in [4.69, 9.17) is 9.73 Å². The average Bonchev–Trinajstić information content (AvgIpc) is 3.17.